The Labute approximate surface area is 218 Å². The van der Waals surface area contributed by atoms with E-state index in [-0.39, 0.29) is 11.6 Å². The average molecular weight is 504 g/mol. The average Bonchev–Trinajstić information content (AvgIpc) is 3.28. The highest BCUT2D eigenvalue weighted by Crippen LogP contribution is 2.36. The number of nitro groups is 1. The van der Waals surface area contributed by atoms with Gasteiger partial charge in [0.2, 0.25) is 0 Å². The van der Waals surface area contributed by atoms with Gasteiger partial charge in [0, 0.05) is 23.8 Å². The summed E-state index contributed by atoms with van der Waals surface area (Å²) in [5.41, 5.74) is 3.38. The van der Waals surface area contributed by atoms with E-state index in [2.05, 4.69) is 15.2 Å². The standard InChI is InChI=1S/C29H21N5O4/c1-38-27-19-24(16-17-25(27)32-31-22-12-14-23(15-13-22)34(36)37)33-28(21-10-6-3-7-11-21)30-26(29(33)35)18-20-8-4-2-5-9-20/h2-19H,1H3/b26-18-,32-31?. The van der Waals surface area contributed by atoms with Crippen LogP contribution in [0.1, 0.15) is 11.1 Å². The van der Waals surface area contributed by atoms with Crippen LogP contribution in [0.3, 0.4) is 0 Å². The molecule has 186 valence electrons. The van der Waals surface area contributed by atoms with Crippen molar-refractivity contribution in [2.24, 2.45) is 15.2 Å². The summed E-state index contributed by atoms with van der Waals surface area (Å²) >= 11 is 0. The van der Waals surface area contributed by atoms with Crippen molar-refractivity contribution < 1.29 is 14.5 Å². The van der Waals surface area contributed by atoms with Gasteiger partial charge in [0.05, 0.1) is 23.4 Å². The van der Waals surface area contributed by atoms with Crippen LogP contribution < -0.4 is 9.64 Å². The topological polar surface area (TPSA) is 110 Å². The van der Waals surface area contributed by atoms with Gasteiger partial charge in [-0.15, -0.1) is 5.11 Å². The first-order valence-corrected chi connectivity index (χ1v) is 11.6. The molecule has 1 aliphatic rings. The smallest absolute Gasteiger partial charge is 0.282 e. The van der Waals surface area contributed by atoms with Gasteiger partial charge in [-0.25, -0.2) is 4.99 Å². The number of nitrogens with zero attached hydrogens (tertiary/aromatic N) is 5. The Morgan fingerprint density at radius 3 is 2.24 bits per heavy atom. The van der Waals surface area contributed by atoms with Gasteiger partial charge in [0.1, 0.15) is 23.0 Å². The maximum absolute atomic E-state index is 13.6. The summed E-state index contributed by atoms with van der Waals surface area (Å²) in [7, 11) is 1.50. The summed E-state index contributed by atoms with van der Waals surface area (Å²) in [5.74, 6) is 0.629. The van der Waals surface area contributed by atoms with E-state index in [0.29, 0.717) is 34.3 Å². The van der Waals surface area contributed by atoms with Gasteiger partial charge in [0.15, 0.2) is 0 Å². The third-order valence-corrected chi connectivity index (χ3v) is 5.75. The number of anilines is 1. The fourth-order valence-electron chi connectivity index (χ4n) is 3.88. The van der Waals surface area contributed by atoms with Crippen molar-refractivity contribution in [3.63, 3.8) is 0 Å². The third-order valence-electron chi connectivity index (χ3n) is 5.75. The van der Waals surface area contributed by atoms with Crippen molar-refractivity contribution in [3.05, 3.63) is 130 Å². The highest BCUT2D eigenvalue weighted by atomic mass is 16.6. The van der Waals surface area contributed by atoms with E-state index in [1.165, 1.54) is 31.4 Å². The third kappa shape index (κ3) is 5.07. The number of nitro benzene ring substituents is 1. The molecule has 5 rings (SSSR count). The minimum atomic E-state index is -0.476. The quantitative estimate of drug-likeness (QED) is 0.119. The summed E-state index contributed by atoms with van der Waals surface area (Å²) < 4.78 is 5.55. The molecule has 1 amide bonds. The molecular formula is C29H21N5O4. The molecule has 38 heavy (non-hydrogen) atoms. The number of carbonyl (C=O) groups is 1. The highest BCUT2D eigenvalue weighted by molar-refractivity contribution is 6.33. The first-order chi connectivity index (χ1) is 18.5. The number of carbonyl (C=O) groups excluding carboxylic acids is 1. The molecule has 4 aromatic carbocycles. The number of ether oxygens (including phenoxy) is 1. The second-order valence-corrected chi connectivity index (χ2v) is 8.21. The minimum Gasteiger partial charge on any atom is -0.494 e. The van der Waals surface area contributed by atoms with Crippen LogP contribution >= 0.6 is 0 Å². The molecule has 0 atom stereocenters. The summed E-state index contributed by atoms with van der Waals surface area (Å²) in [5, 5.41) is 19.3. The first kappa shape index (κ1) is 24.3. The molecule has 0 fully saturated rings. The summed E-state index contributed by atoms with van der Waals surface area (Å²) in [6, 6.07) is 29.9. The molecule has 0 unspecified atom stereocenters. The highest BCUT2D eigenvalue weighted by Gasteiger charge is 2.33. The largest absolute Gasteiger partial charge is 0.494 e. The summed E-state index contributed by atoms with van der Waals surface area (Å²) in [6.45, 7) is 0. The van der Waals surface area contributed by atoms with E-state index >= 15 is 0 Å². The zero-order valence-electron chi connectivity index (χ0n) is 20.3. The van der Waals surface area contributed by atoms with Crippen molar-refractivity contribution >= 4 is 40.6 Å². The number of hydrogen-bond acceptors (Lipinski definition) is 7. The van der Waals surface area contributed by atoms with Gasteiger partial charge < -0.3 is 4.74 Å². The van der Waals surface area contributed by atoms with Crippen LogP contribution in [0.4, 0.5) is 22.7 Å². The van der Waals surface area contributed by atoms with E-state index < -0.39 is 4.92 Å². The molecule has 1 heterocycles. The molecule has 0 saturated carbocycles. The van der Waals surface area contributed by atoms with E-state index in [1.54, 1.807) is 29.2 Å². The lowest BCUT2D eigenvalue weighted by Crippen LogP contribution is -2.32. The number of amides is 1. The van der Waals surface area contributed by atoms with Crippen molar-refractivity contribution in [1.82, 2.24) is 0 Å². The van der Waals surface area contributed by atoms with Gasteiger partial charge in [-0.2, -0.15) is 5.11 Å². The Morgan fingerprint density at radius 1 is 0.895 bits per heavy atom. The number of azo groups is 1. The molecule has 0 N–H and O–H groups in total. The Morgan fingerprint density at radius 2 is 1.58 bits per heavy atom. The van der Waals surface area contributed by atoms with Crippen LogP contribution in [0.2, 0.25) is 0 Å². The van der Waals surface area contributed by atoms with Crippen molar-refractivity contribution in [1.29, 1.82) is 0 Å². The zero-order valence-corrected chi connectivity index (χ0v) is 20.3. The molecule has 0 radical (unpaired) electrons. The van der Waals surface area contributed by atoms with E-state index in [0.717, 1.165) is 11.1 Å². The molecule has 0 aromatic heterocycles. The van der Waals surface area contributed by atoms with Gasteiger partial charge in [-0.1, -0.05) is 60.7 Å². The van der Waals surface area contributed by atoms with Gasteiger partial charge in [-0.05, 0) is 35.9 Å². The predicted molar refractivity (Wildman–Crippen MR) is 145 cm³/mol. The fourth-order valence-corrected chi connectivity index (χ4v) is 3.88. The van der Waals surface area contributed by atoms with E-state index in [9.17, 15) is 14.9 Å². The van der Waals surface area contributed by atoms with Crippen LogP contribution in [0.15, 0.2) is 124 Å². The molecule has 4 aromatic rings. The fraction of sp³-hybridized carbons (Fsp3) is 0.0345. The van der Waals surface area contributed by atoms with Gasteiger partial charge >= 0.3 is 0 Å². The molecule has 0 bridgehead atoms. The van der Waals surface area contributed by atoms with Crippen LogP contribution in [0.25, 0.3) is 6.08 Å². The molecule has 1 aliphatic heterocycles. The predicted octanol–water partition coefficient (Wildman–Crippen LogP) is 6.85. The maximum atomic E-state index is 13.6. The van der Waals surface area contributed by atoms with Crippen molar-refractivity contribution in [2.45, 2.75) is 0 Å². The number of hydrogen-bond donors (Lipinski definition) is 0. The Balaban J connectivity index is 1.49. The Kier molecular flexibility index (Phi) is 6.81. The number of benzene rings is 4. The molecule has 0 saturated heterocycles. The van der Waals surface area contributed by atoms with Crippen molar-refractivity contribution in [3.8, 4) is 5.75 Å². The minimum absolute atomic E-state index is 0.0299. The Hall–Kier alpha value is -5.44. The van der Waals surface area contributed by atoms with Crippen LogP contribution in [-0.4, -0.2) is 23.8 Å². The van der Waals surface area contributed by atoms with Gasteiger partial charge in [0.25, 0.3) is 11.6 Å². The molecule has 0 aliphatic carbocycles. The number of rotatable bonds is 7. The summed E-state index contributed by atoms with van der Waals surface area (Å²) in [4.78, 5) is 30.2. The Bertz CT molecular complexity index is 1580. The lowest BCUT2D eigenvalue weighted by Gasteiger charge is -2.19. The summed E-state index contributed by atoms with van der Waals surface area (Å²) in [6.07, 6.45) is 1.76. The van der Waals surface area contributed by atoms with Crippen molar-refractivity contribution in [2.75, 3.05) is 12.0 Å². The van der Waals surface area contributed by atoms with E-state index in [1.807, 2.05) is 60.7 Å². The molecule has 9 nitrogen and oxygen atoms in total. The number of non-ortho nitro benzene ring substituents is 1. The normalized spacial score (nSPS) is 14.2. The SMILES string of the molecule is COc1cc(N2C(=O)/C(=C/c3ccccc3)N=C2c2ccccc2)ccc1N=Nc1ccc([N+](=O)[O-])cc1. The number of aliphatic imine (C=N–C) groups is 1. The molecular weight excluding hydrogens is 482 g/mol. The molecule has 9 heteroatoms. The van der Waals surface area contributed by atoms with Crippen LogP contribution in [0.5, 0.6) is 5.75 Å². The second-order valence-electron chi connectivity index (χ2n) is 8.21. The zero-order chi connectivity index (χ0) is 26.5. The van der Waals surface area contributed by atoms with Gasteiger partial charge in [-0.3, -0.25) is 19.8 Å². The molecule has 0 spiro atoms. The van der Waals surface area contributed by atoms with E-state index in [4.69, 9.17) is 4.74 Å². The van der Waals surface area contributed by atoms with Crippen LogP contribution in [-0.2, 0) is 4.79 Å². The van der Waals surface area contributed by atoms with Crippen LogP contribution in [0, 0.1) is 10.1 Å². The second kappa shape index (κ2) is 10.7. The lowest BCUT2D eigenvalue weighted by atomic mass is 10.1. The number of methoxy groups -OCH3 is 1. The first-order valence-electron chi connectivity index (χ1n) is 11.6. The maximum Gasteiger partial charge on any atom is 0.282 e. The monoisotopic (exact) mass is 503 g/mol. The number of amidine groups is 1. The lowest BCUT2D eigenvalue weighted by molar-refractivity contribution is -0.384.